The van der Waals surface area contributed by atoms with Gasteiger partial charge in [0.05, 0.1) is 52.4 Å². The molecule has 4 aliphatic rings. The van der Waals surface area contributed by atoms with E-state index in [-0.39, 0.29) is 0 Å². The van der Waals surface area contributed by atoms with E-state index < -0.39 is 0 Å². The molecule has 246 valence electrons. The van der Waals surface area contributed by atoms with Gasteiger partial charge in [0.25, 0.3) is 0 Å². The van der Waals surface area contributed by atoms with E-state index in [4.69, 9.17) is 18.9 Å². The second-order valence-corrected chi connectivity index (χ2v) is 15.0. The lowest BCUT2D eigenvalue weighted by atomic mass is 9.47. The van der Waals surface area contributed by atoms with Gasteiger partial charge >= 0.3 is 0 Å². The molecule has 7 unspecified atom stereocenters. The highest BCUT2D eigenvalue weighted by atomic mass is 32.1. The zero-order valence-electron chi connectivity index (χ0n) is 28.6. The van der Waals surface area contributed by atoms with E-state index >= 15 is 0 Å². The zero-order valence-corrected chi connectivity index (χ0v) is 29.5. The molecule has 4 nitrogen and oxygen atoms in total. The molecule has 0 bridgehead atoms. The summed E-state index contributed by atoms with van der Waals surface area (Å²) in [4.78, 5) is 0. The average molecular weight is 609 g/mol. The van der Waals surface area contributed by atoms with Crippen LogP contribution >= 0.6 is 12.6 Å². The van der Waals surface area contributed by atoms with Gasteiger partial charge in [-0.25, -0.2) is 0 Å². The van der Waals surface area contributed by atoms with Crippen molar-refractivity contribution in [2.75, 3.05) is 52.0 Å². The molecule has 0 radical (unpaired) electrons. The van der Waals surface area contributed by atoms with Crippen molar-refractivity contribution in [1.29, 1.82) is 0 Å². The first kappa shape index (κ1) is 36.4. The predicted octanol–water partition coefficient (Wildman–Crippen LogP) is 9.42. The molecule has 8 atom stereocenters. The fraction of sp³-hybridized carbons (Fsp3) is 0.946. The van der Waals surface area contributed by atoms with Crippen LogP contribution in [-0.2, 0) is 18.9 Å². The Hall–Kier alpha value is -0.0700. The van der Waals surface area contributed by atoms with Crippen LogP contribution in [0.4, 0.5) is 0 Å². The highest BCUT2D eigenvalue weighted by molar-refractivity contribution is 7.80. The van der Waals surface area contributed by atoms with Crippen molar-refractivity contribution < 1.29 is 18.9 Å². The van der Waals surface area contributed by atoms with E-state index in [0.717, 1.165) is 47.7 Å². The maximum absolute atomic E-state index is 6.32. The first-order valence-electron chi connectivity index (χ1n) is 17.9. The van der Waals surface area contributed by atoms with Gasteiger partial charge in [-0.1, -0.05) is 79.4 Å². The number of thiol groups is 1. The molecule has 0 spiro atoms. The molecule has 0 heterocycles. The molecule has 0 aromatic heterocycles. The average Bonchev–Trinajstić information content (AvgIpc) is 3.34. The molecular formula is C37H68O4S. The predicted molar refractivity (Wildman–Crippen MR) is 180 cm³/mol. The number of rotatable bonds is 17. The fourth-order valence-electron chi connectivity index (χ4n) is 9.67. The summed E-state index contributed by atoms with van der Waals surface area (Å²) in [7, 11) is 0. The SMILES string of the molecule is CC.CC(C)CCCC(C)C1CCC2C3CC=C4C[C@@H](OCCOCCOCCOCCS)CCC4(C)C3CCC12C. The molecule has 5 heteroatoms. The van der Waals surface area contributed by atoms with Crippen molar-refractivity contribution >= 4 is 12.6 Å². The minimum absolute atomic E-state index is 0.358. The van der Waals surface area contributed by atoms with Crippen molar-refractivity contribution in [2.45, 2.75) is 125 Å². The topological polar surface area (TPSA) is 36.9 Å². The number of allylic oxidation sites excluding steroid dienone is 1. The maximum Gasteiger partial charge on any atom is 0.0704 e. The minimum atomic E-state index is 0.358. The molecule has 3 fully saturated rings. The van der Waals surface area contributed by atoms with E-state index in [2.05, 4.69) is 53.3 Å². The van der Waals surface area contributed by atoms with Gasteiger partial charge in [-0.15, -0.1) is 0 Å². The summed E-state index contributed by atoms with van der Waals surface area (Å²) in [5.74, 6) is 6.16. The van der Waals surface area contributed by atoms with Gasteiger partial charge in [0.15, 0.2) is 0 Å². The van der Waals surface area contributed by atoms with Gasteiger partial charge < -0.3 is 18.9 Å². The Kier molecular flexibility index (Phi) is 15.7. The molecule has 0 aromatic rings. The summed E-state index contributed by atoms with van der Waals surface area (Å²) < 4.78 is 23.0. The van der Waals surface area contributed by atoms with Gasteiger partial charge in [0.1, 0.15) is 0 Å². The summed E-state index contributed by atoms with van der Waals surface area (Å²) in [5.41, 5.74) is 2.70. The molecule has 4 aliphatic carbocycles. The van der Waals surface area contributed by atoms with Crippen LogP contribution in [0, 0.1) is 46.3 Å². The van der Waals surface area contributed by atoms with E-state index in [1.807, 2.05) is 13.8 Å². The van der Waals surface area contributed by atoms with Crippen LogP contribution in [0.3, 0.4) is 0 Å². The summed E-state index contributed by atoms with van der Waals surface area (Å²) in [6.07, 6.45) is 18.1. The zero-order chi connectivity index (χ0) is 30.6. The highest BCUT2D eigenvalue weighted by Crippen LogP contribution is 2.67. The quantitative estimate of drug-likeness (QED) is 0.101. The van der Waals surface area contributed by atoms with E-state index in [1.165, 1.54) is 64.2 Å². The maximum atomic E-state index is 6.32. The third-order valence-corrected chi connectivity index (χ3v) is 12.0. The van der Waals surface area contributed by atoms with Crippen LogP contribution in [0.2, 0.25) is 0 Å². The lowest BCUT2D eigenvalue weighted by Crippen LogP contribution is -2.51. The summed E-state index contributed by atoms with van der Waals surface area (Å²) in [6, 6.07) is 0. The molecule has 3 saturated carbocycles. The molecule has 0 N–H and O–H groups in total. The van der Waals surface area contributed by atoms with Crippen LogP contribution in [0.25, 0.3) is 0 Å². The monoisotopic (exact) mass is 608 g/mol. The molecule has 0 aliphatic heterocycles. The fourth-order valence-corrected chi connectivity index (χ4v) is 9.80. The smallest absolute Gasteiger partial charge is 0.0704 e. The lowest BCUT2D eigenvalue weighted by molar-refractivity contribution is -0.0691. The van der Waals surface area contributed by atoms with Crippen LogP contribution in [-0.4, -0.2) is 58.1 Å². The Balaban J connectivity index is 0.00000237. The van der Waals surface area contributed by atoms with E-state index in [9.17, 15) is 0 Å². The van der Waals surface area contributed by atoms with Crippen molar-refractivity contribution in [1.82, 2.24) is 0 Å². The van der Waals surface area contributed by atoms with Crippen LogP contribution in [0.5, 0.6) is 0 Å². The van der Waals surface area contributed by atoms with Crippen LogP contribution < -0.4 is 0 Å². The summed E-state index contributed by atoms with van der Waals surface area (Å²) in [6.45, 7) is 21.2. The number of hydrogen-bond acceptors (Lipinski definition) is 5. The third kappa shape index (κ3) is 9.24. The van der Waals surface area contributed by atoms with Crippen LogP contribution in [0.1, 0.15) is 119 Å². The van der Waals surface area contributed by atoms with Gasteiger partial charge in [-0.3, -0.25) is 0 Å². The molecule has 0 aromatic carbocycles. The molecule has 4 rings (SSSR count). The molecule has 0 amide bonds. The van der Waals surface area contributed by atoms with Gasteiger partial charge in [0, 0.05) is 5.75 Å². The third-order valence-electron chi connectivity index (χ3n) is 11.8. The van der Waals surface area contributed by atoms with Crippen molar-refractivity contribution in [3.05, 3.63) is 11.6 Å². The Morgan fingerprint density at radius 1 is 0.810 bits per heavy atom. The van der Waals surface area contributed by atoms with Crippen molar-refractivity contribution in [2.24, 2.45) is 46.3 Å². The molecular weight excluding hydrogens is 540 g/mol. The van der Waals surface area contributed by atoms with E-state index in [1.54, 1.807) is 5.57 Å². The Morgan fingerprint density at radius 2 is 1.48 bits per heavy atom. The first-order chi connectivity index (χ1) is 20.3. The Labute approximate surface area is 266 Å². The van der Waals surface area contributed by atoms with Gasteiger partial charge in [-0.2, -0.15) is 12.6 Å². The lowest BCUT2D eigenvalue weighted by Gasteiger charge is -2.58. The Bertz CT molecular complexity index is 786. The highest BCUT2D eigenvalue weighted by Gasteiger charge is 2.59. The molecule has 0 saturated heterocycles. The summed E-state index contributed by atoms with van der Waals surface area (Å²) in [5, 5.41) is 0. The van der Waals surface area contributed by atoms with Gasteiger partial charge in [0.2, 0.25) is 0 Å². The normalized spacial score (nSPS) is 34.6. The second-order valence-electron chi connectivity index (χ2n) is 14.6. The number of fused-ring (bicyclic) bond motifs is 5. The summed E-state index contributed by atoms with van der Waals surface area (Å²) >= 11 is 4.13. The minimum Gasteiger partial charge on any atom is -0.378 e. The van der Waals surface area contributed by atoms with Gasteiger partial charge in [-0.05, 0) is 97.7 Å². The largest absolute Gasteiger partial charge is 0.378 e. The number of hydrogen-bond donors (Lipinski definition) is 1. The van der Waals surface area contributed by atoms with Crippen LogP contribution in [0.15, 0.2) is 11.6 Å². The van der Waals surface area contributed by atoms with E-state index in [0.29, 0.717) is 63.2 Å². The van der Waals surface area contributed by atoms with Crippen molar-refractivity contribution in [3.8, 4) is 0 Å². The first-order valence-corrected chi connectivity index (χ1v) is 18.6. The standard InChI is InChI=1S/C35H62O4S.C2H6/c1-26(2)7-6-8-27(3)31-11-12-32-30-10-9-28-25-29(13-15-34(28,4)33(30)14-16-35(31,32)5)39-22-21-37-18-17-36-19-20-38-23-24-40;1-2/h9,26-27,29-33,40H,6-8,10-25H2,1-5H3;1-2H3/t27?,29-,30?,31?,32?,33?,34?,35?;/m0./s1. The molecule has 42 heavy (non-hydrogen) atoms. The number of ether oxygens (including phenoxy) is 4. The Morgan fingerprint density at radius 3 is 2.14 bits per heavy atom. The second kappa shape index (κ2) is 18.2. The van der Waals surface area contributed by atoms with Crippen molar-refractivity contribution in [3.63, 3.8) is 0 Å².